The Morgan fingerprint density at radius 2 is 2.06 bits per heavy atom. The molecule has 1 fully saturated rings. The zero-order chi connectivity index (χ0) is 12.9. The molecule has 1 aliphatic carbocycles. The molecule has 100 valence electrons. The minimum absolute atomic E-state index is 0.252. The zero-order valence-electron chi connectivity index (χ0n) is 12.1. The van der Waals surface area contributed by atoms with E-state index in [0.717, 1.165) is 25.0 Å². The summed E-state index contributed by atoms with van der Waals surface area (Å²) in [7, 11) is 0. The molecule has 1 saturated carbocycles. The van der Waals surface area contributed by atoms with Crippen molar-refractivity contribution in [2.75, 3.05) is 19.6 Å². The van der Waals surface area contributed by atoms with E-state index in [4.69, 9.17) is 0 Å². The first kappa shape index (κ1) is 14.7. The van der Waals surface area contributed by atoms with E-state index in [1.807, 2.05) is 6.08 Å². The van der Waals surface area contributed by atoms with E-state index in [1.165, 1.54) is 25.8 Å². The van der Waals surface area contributed by atoms with Gasteiger partial charge < -0.3 is 5.32 Å². The molecule has 0 bridgehead atoms. The van der Waals surface area contributed by atoms with E-state index in [9.17, 15) is 0 Å². The van der Waals surface area contributed by atoms with Gasteiger partial charge in [0.05, 0.1) is 0 Å². The topological polar surface area (TPSA) is 15.3 Å². The molecule has 0 heterocycles. The Hall–Kier alpha value is -0.340. The second-order valence-electron chi connectivity index (χ2n) is 6.22. The largest absolute Gasteiger partial charge is 0.316 e. The van der Waals surface area contributed by atoms with Crippen molar-refractivity contribution in [2.24, 2.45) is 5.92 Å². The SMILES string of the molecule is C=CCN(C1CCC1CNCCC)C(C)(C)C. The van der Waals surface area contributed by atoms with Crippen LogP contribution in [0.1, 0.15) is 47.0 Å². The maximum Gasteiger partial charge on any atom is 0.0168 e. The highest BCUT2D eigenvalue weighted by Gasteiger charge is 2.38. The Bertz CT molecular complexity index is 230. The van der Waals surface area contributed by atoms with Crippen molar-refractivity contribution in [3.05, 3.63) is 12.7 Å². The molecule has 0 aromatic rings. The molecular formula is C15H30N2. The fraction of sp³-hybridized carbons (Fsp3) is 0.867. The highest BCUT2D eigenvalue weighted by atomic mass is 15.2. The van der Waals surface area contributed by atoms with Gasteiger partial charge in [0.25, 0.3) is 0 Å². The minimum Gasteiger partial charge on any atom is -0.316 e. The lowest BCUT2D eigenvalue weighted by Gasteiger charge is -2.50. The lowest BCUT2D eigenvalue weighted by Crippen LogP contribution is -2.57. The van der Waals surface area contributed by atoms with E-state index >= 15 is 0 Å². The van der Waals surface area contributed by atoms with Crippen LogP contribution >= 0.6 is 0 Å². The number of nitrogens with zero attached hydrogens (tertiary/aromatic N) is 1. The van der Waals surface area contributed by atoms with Gasteiger partial charge in [-0.15, -0.1) is 6.58 Å². The molecule has 0 aromatic carbocycles. The van der Waals surface area contributed by atoms with Gasteiger partial charge in [-0.05, 0) is 59.0 Å². The van der Waals surface area contributed by atoms with E-state index in [1.54, 1.807) is 0 Å². The highest BCUT2D eigenvalue weighted by Crippen LogP contribution is 2.35. The predicted molar refractivity (Wildman–Crippen MR) is 76.3 cm³/mol. The van der Waals surface area contributed by atoms with Crippen LogP contribution in [0.5, 0.6) is 0 Å². The van der Waals surface area contributed by atoms with Crippen LogP contribution in [0.2, 0.25) is 0 Å². The molecule has 0 aliphatic heterocycles. The molecule has 1 N–H and O–H groups in total. The third-order valence-corrected chi connectivity index (χ3v) is 3.80. The maximum atomic E-state index is 3.90. The van der Waals surface area contributed by atoms with Gasteiger partial charge in [0.15, 0.2) is 0 Å². The van der Waals surface area contributed by atoms with Gasteiger partial charge in [0, 0.05) is 18.1 Å². The van der Waals surface area contributed by atoms with Gasteiger partial charge in [0.1, 0.15) is 0 Å². The van der Waals surface area contributed by atoms with Crippen molar-refractivity contribution >= 4 is 0 Å². The molecule has 2 atom stereocenters. The van der Waals surface area contributed by atoms with Crippen molar-refractivity contribution in [3.63, 3.8) is 0 Å². The lowest BCUT2D eigenvalue weighted by molar-refractivity contribution is 0.00637. The summed E-state index contributed by atoms with van der Waals surface area (Å²) in [5.41, 5.74) is 0.252. The van der Waals surface area contributed by atoms with Crippen molar-refractivity contribution < 1.29 is 0 Å². The Kier molecular flexibility index (Phi) is 5.68. The fourth-order valence-corrected chi connectivity index (χ4v) is 2.71. The zero-order valence-corrected chi connectivity index (χ0v) is 12.1. The van der Waals surface area contributed by atoms with Crippen molar-refractivity contribution in [2.45, 2.75) is 58.5 Å². The summed E-state index contributed by atoms with van der Waals surface area (Å²) in [5, 5.41) is 3.56. The van der Waals surface area contributed by atoms with Gasteiger partial charge in [-0.25, -0.2) is 0 Å². The number of hydrogen-bond acceptors (Lipinski definition) is 2. The second-order valence-corrected chi connectivity index (χ2v) is 6.22. The first-order chi connectivity index (χ1) is 8.00. The minimum atomic E-state index is 0.252. The summed E-state index contributed by atoms with van der Waals surface area (Å²) in [5.74, 6) is 0.834. The normalized spacial score (nSPS) is 24.8. The number of rotatable bonds is 7. The summed E-state index contributed by atoms with van der Waals surface area (Å²) in [4.78, 5) is 2.61. The molecule has 0 saturated heterocycles. The standard InChI is InChI=1S/C15H30N2/c1-6-10-16-12-13-8-9-14(13)17(11-7-2)15(3,4)5/h7,13-14,16H,2,6,8-12H2,1,3-5H3. The van der Waals surface area contributed by atoms with E-state index < -0.39 is 0 Å². The van der Waals surface area contributed by atoms with Gasteiger partial charge in [-0.3, -0.25) is 4.90 Å². The van der Waals surface area contributed by atoms with Gasteiger partial charge in [-0.1, -0.05) is 13.0 Å². The van der Waals surface area contributed by atoms with Crippen molar-refractivity contribution in [1.82, 2.24) is 10.2 Å². The van der Waals surface area contributed by atoms with Crippen LogP contribution in [0.15, 0.2) is 12.7 Å². The second kappa shape index (κ2) is 6.55. The summed E-state index contributed by atoms with van der Waals surface area (Å²) >= 11 is 0. The fourth-order valence-electron chi connectivity index (χ4n) is 2.71. The molecule has 0 amide bonds. The molecule has 2 heteroatoms. The van der Waals surface area contributed by atoms with E-state index in [0.29, 0.717) is 0 Å². The monoisotopic (exact) mass is 238 g/mol. The van der Waals surface area contributed by atoms with E-state index in [-0.39, 0.29) is 5.54 Å². The van der Waals surface area contributed by atoms with Crippen LogP contribution in [-0.2, 0) is 0 Å². The molecule has 0 aromatic heterocycles. The van der Waals surface area contributed by atoms with Crippen LogP contribution in [-0.4, -0.2) is 36.1 Å². The van der Waals surface area contributed by atoms with E-state index in [2.05, 4.69) is 44.5 Å². The van der Waals surface area contributed by atoms with Crippen LogP contribution in [0.3, 0.4) is 0 Å². The summed E-state index contributed by atoms with van der Waals surface area (Å²) in [6.07, 6.45) is 6.00. The molecule has 17 heavy (non-hydrogen) atoms. The van der Waals surface area contributed by atoms with Gasteiger partial charge in [0.2, 0.25) is 0 Å². The van der Waals surface area contributed by atoms with Crippen LogP contribution in [0.4, 0.5) is 0 Å². The quantitative estimate of drug-likeness (QED) is 0.542. The summed E-state index contributed by atoms with van der Waals surface area (Å²) in [6, 6.07) is 0.748. The molecule has 0 radical (unpaired) electrons. The Morgan fingerprint density at radius 1 is 1.35 bits per heavy atom. The molecule has 2 nitrogen and oxygen atoms in total. The lowest BCUT2D eigenvalue weighted by atomic mass is 9.76. The molecule has 2 unspecified atom stereocenters. The summed E-state index contributed by atoms with van der Waals surface area (Å²) in [6.45, 7) is 16.4. The highest BCUT2D eigenvalue weighted by molar-refractivity contribution is 4.96. The third kappa shape index (κ3) is 4.11. The average molecular weight is 238 g/mol. The average Bonchev–Trinajstić information content (AvgIpc) is 2.21. The number of hydrogen-bond donors (Lipinski definition) is 1. The van der Waals surface area contributed by atoms with Crippen molar-refractivity contribution in [3.8, 4) is 0 Å². The van der Waals surface area contributed by atoms with Gasteiger partial charge in [-0.2, -0.15) is 0 Å². The Balaban J connectivity index is 2.48. The Labute approximate surface area is 107 Å². The first-order valence-corrected chi connectivity index (χ1v) is 7.09. The molecule has 0 spiro atoms. The van der Waals surface area contributed by atoms with Crippen LogP contribution in [0.25, 0.3) is 0 Å². The molecular weight excluding hydrogens is 208 g/mol. The van der Waals surface area contributed by atoms with Crippen molar-refractivity contribution in [1.29, 1.82) is 0 Å². The molecule has 1 rings (SSSR count). The predicted octanol–water partition coefficient (Wildman–Crippen LogP) is 3.05. The Morgan fingerprint density at radius 3 is 2.47 bits per heavy atom. The third-order valence-electron chi connectivity index (χ3n) is 3.80. The number of nitrogens with one attached hydrogen (secondary N) is 1. The summed E-state index contributed by atoms with van der Waals surface area (Å²) < 4.78 is 0. The smallest absolute Gasteiger partial charge is 0.0168 e. The molecule has 1 aliphatic rings. The van der Waals surface area contributed by atoms with Crippen LogP contribution < -0.4 is 5.32 Å². The first-order valence-electron chi connectivity index (χ1n) is 7.09. The van der Waals surface area contributed by atoms with Gasteiger partial charge >= 0.3 is 0 Å². The van der Waals surface area contributed by atoms with Crippen LogP contribution in [0, 0.1) is 5.92 Å². The maximum absolute atomic E-state index is 3.90.